The van der Waals surface area contributed by atoms with Gasteiger partial charge >= 0.3 is 5.97 Å². The molecular weight excluding hydrogens is 334 g/mol. The first-order valence-electron chi connectivity index (χ1n) is 5.55. The maximum atomic E-state index is 12.2. The number of sulfonamides is 1. The number of hydrogen-bond acceptors (Lipinski definition) is 3. The summed E-state index contributed by atoms with van der Waals surface area (Å²) in [6.07, 6.45) is -0.347. The molecule has 1 rings (SSSR count). The fraction of sp³-hybridized carbons (Fsp3) is 0.417. The van der Waals surface area contributed by atoms with E-state index in [4.69, 9.17) is 5.11 Å². The van der Waals surface area contributed by atoms with E-state index in [9.17, 15) is 13.2 Å². The molecule has 0 bridgehead atoms. The van der Waals surface area contributed by atoms with E-state index in [1.807, 2.05) is 0 Å². The third-order valence-corrected chi connectivity index (χ3v) is 4.45. The minimum atomic E-state index is -3.75. The Morgan fingerprint density at radius 1 is 1.37 bits per heavy atom. The van der Waals surface area contributed by atoms with Gasteiger partial charge in [-0.3, -0.25) is 4.79 Å². The van der Waals surface area contributed by atoms with Gasteiger partial charge in [0.25, 0.3) is 0 Å². The lowest BCUT2D eigenvalue weighted by Gasteiger charge is -2.21. The molecule has 1 aromatic carbocycles. The van der Waals surface area contributed by atoms with Crippen LogP contribution in [-0.4, -0.2) is 25.0 Å². The summed E-state index contributed by atoms with van der Waals surface area (Å²) in [6.45, 7) is 5.17. The highest BCUT2D eigenvalue weighted by molar-refractivity contribution is 9.10. The number of carboxylic acids is 1. The summed E-state index contributed by atoms with van der Waals surface area (Å²) >= 11 is 3.21. The van der Waals surface area contributed by atoms with Crippen molar-refractivity contribution in [3.05, 3.63) is 28.2 Å². The van der Waals surface area contributed by atoms with Gasteiger partial charge in [0.1, 0.15) is 0 Å². The summed E-state index contributed by atoms with van der Waals surface area (Å²) in [4.78, 5) is 10.8. The molecule has 1 aromatic rings. The normalized spacial score (nSPS) is 12.4. The van der Waals surface area contributed by atoms with Crippen molar-refractivity contribution in [2.24, 2.45) is 0 Å². The Bertz CT molecular complexity index is 590. The second-order valence-corrected chi connectivity index (χ2v) is 7.74. The largest absolute Gasteiger partial charge is 0.481 e. The van der Waals surface area contributed by atoms with Crippen LogP contribution in [0.15, 0.2) is 27.6 Å². The number of carbonyl (C=O) groups is 1. The van der Waals surface area contributed by atoms with Crippen LogP contribution >= 0.6 is 15.9 Å². The number of nitrogens with one attached hydrogen (secondary N) is 1. The SMILES string of the molecule is CC(C)(C)NS(=O)(=O)c1ccc(Br)cc1CC(=O)O. The van der Waals surface area contributed by atoms with E-state index >= 15 is 0 Å². The van der Waals surface area contributed by atoms with Gasteiger partial charge in [0, 0.05) is 10.0 Å². The summed E-state index contributed by atoms with van der Waals surface area (Å²) < 4.78 is 27.6. The van der Waals surface area contributed by atoms with Crippen LogP contribution in [0, 0.1) is 0 Å². The third kappa shape index (κ3) is 4.93. The minimum Gasteiger partial charge on any atom is -0.481 e. The van der Waals surface area contributed by atoms with Gasteiger partial charge in [0.2, 0.25) is 10.0 Å². The van der Waals surface area contributed by atoms with E-state index in [0.717, 1.165) is 0 Å². The number of carboxylic acid groups (broad SMARTS) is 1. The number of aliphatic carboxylic acids is 1. The molecule has 106 valence electrons. The predicted octanol–water partition coefficient (Wildman–Crippen LogP) is 2.15. The molecule has 7 heteroatoms. The Balaban J connectivity index is 3.30. The number of rotatable bonds is 4. The highest BCUT2D eigenvalue weighted by atomic mass is 79.9. The Morgan fingerprint density at radius 3 is 2.42 bits per heavy atom. The van der Waals surface area contributed by atoms with Gasteiger partial charge in [-0.1, -0.05) is 15.9 Å². The van der Waals surface area contributed by atoms with E-state index in [0.29, 0.717) is 4.47 Å². The molecule has 0 unspecified atom stereocenters. The first-order valence-corrected chi connectivity index (χ1v) is 7.83. The van der Waals surface area contributed by atoms with Crippen LogP contribution in [0.1, 0.15) is 26.3 Å². The van der Waals surface area contributed by atoms with Crippen molar-refractivity contribution in [2.75, 3.05) is 0 Å². The van der Waals surface area contributed by atoms with Crippen LogP contribution in [-0.2, 0) is 21.2 Å². The summed E-state index contributed by atoms with van der Waals surface area (Å²) in [5.41, 5.74) is -0.384. The van der Waals surface area contributed by atoms with Gasteiger partial charge in [-0.2, -0.15) is 0 Å². The molecule has 0 amide bonds. The van der Waals surface area contributed by atoms with Crippen molar-refractivity contribution in [3.63, 3.8) is 0 Å². The maximum Gasteiger partial charge on any atom is 0.307 e. The smallest absolute Gasteiger partial charge is 0.307 e. The van der Waals surface area contributed by atoms with E-state index in [1.54, 1.807) is 26.8 Å². The maximum absolute atomic E-state index is 12.2. The van der Waals surface area contributed by atoms with Crippen LogP contribution in [0.5, 0.6) is 0 Å². The summed E-state index contributed by atoms with van der Waals surface area (Å²) in [7, 11) is -3.75. The summed E-state index contributed by atoms with van der Waals surface area (Å²) in [6, 6.07) is 4.48. The zero-order valence-corrected chi connectivity index (χ0v) is 13.3. The lowest BCUT2D eigenvalue weighted by Crippen LogP contribution is -2.40. The molecule has 0 radical (unpaired) electrons. The van der Waals surface area contributed by atoms with Crippen LogP contribution in [0.3, 0.4) is 0 Å². The summed E-state index contributed by atoms with van der Waals surface area (Å²) in [5, 5.41) is 8.85. The second kappa shape index (κ2) is 5.60. The molecule has 0 aliphatic heterocycles. The molecule has 0 spiro atoms. The van der Waals surface area contributed by atoms with Gasteiger partial charge in [-0.25, -0.2) is 13.1 Å². The first kappa shape index (κ1) is 16.1. The molecule has 0 saturated heterocycles. The van der Waals surface area contributed by atoms with Gasteiger partial charge in [-0.05, 0) is 44.5 Å². The number of benzene rings is 1. The predicted molar refractivity (Wildman–Crippen MR) is 75.6 cm³/mol. The van der Waals surface area contributed by atoms with Gasteiger partial charge in [-0.15, -0.1) is 0 Å². The molecule has 0 aliphatic carbocycles. The molecule has 19 heavy (non-hydrogen) atoms. The van der Waals surface area contributed by atoms with Crippen molar-refractivity contribution in [1.29, 1.82) is 0 Å². The fourth-order valence-corrected chi connectivity index (χ4v) is 3.62. The molecule has 0 aromatic heterocycles. The van der Waals surface area contributed by atoms with Crippen molar-refractivity contribution < 1.29 is 18.3 Å². The van der Waals surface area contributed by atoms with Crippen molar-refractivity contribution in [2.45, 2.75) is 37.6 Å². The average molecular weight is 350 g/mol. The quantitative estimate of drug-likeness (QED) is 0.872. The molecular formula is C12H16BrNO4S. The molecule has 0 saturated carbocycles. The highest BCUT2D eigenvalue weighted by Gasteiger charge is 2.25. The first-order chi connectivity index (χ1) is 8.51. The molecule has 0 fully saturated rings. The van der Waals surface area contributed by atoms with Gasteiger partial charge < -0.3 is 5.11 Å². The molecule has 2 N–H and O–H groups in total. The van der Waals surface area contributed by atoms with E-state index in [-0.39, 0.29) is 16.9 Å². The van der Waals surface area contributed by atoms with Crippen LogP contribution < -0.4 is 4.72 Å². The minimum absolute atomic E-state index is 0.00646. The Morgan fingerprint density at radius 2 is 1.95 bits per heavy atom. The highest BCUT2D eigenvalue weighted by Crippen LogP contribution is 2.22. The van der Waals surface area contributed by atoms with E-state index in [1.165, 1.54) is 12.1 Å². The third-order valence-electron chi connectivity index (χ3n) is 2.09. The van der Waals surface area contributed by atoms with Crippen LogP contribution in [0.4, 0.5) is 0 Å². The average Bonchev–Trinajstić information content (AvgIpc) is 2.11. The summed E-state index contributed by atoms with van der Waals surface area (Å²) in [5.74, 6) is -1.08. The number of hydrogen-bond donors (Lipinski definition) is 2. The molecule has 5 nitrogen and oxygen atoms in total. The van der Waals surface area contributed by atoms with Crippen LogP contribution in [0.25, 0.3) is 0 Å². The monoisotopic (exact) mass is 349 g/mol. The van der Waals surface area contributed by atoms with Crippen molar-refractivity contribution in [3.8, 4) is 0 Å². The number of halogens is 1. The van der Waals surface area contributed by atoms with Gasteiger partial charge in [0.05, 0.1) is 11.3 Å². The van der Waals surface area contributed by atoms with E-state index in [2.05, 4.69) is 20.7 Å². The lowest BCUT2D eigenvalue weighted by molar-refractivity contribution is -0.136. The van der Waals surface area contributed by atoms with Crippen LogP contribution in [0.2, 0.25) is 0 Å². The topological polar surface area (TPSA) is 83.5 Å². The van der Waals surface area contributed by atoms with Gasteiger partial charge in [0.15, 0.2) is 0 Å². The van der Waals surface area contributed by atoms with Crippen molar-refractivity contribution >= 4 is 31.9 Å². The molecule has 0 aliphatic rings. The standard InChI is InChI=1S/C12H16BrNO4S/c1-12(2,3)14-19(17,18)10-5-4-9(13)6-8(10)7-11(15)16/h4-6,14H,7H2,1-3H3,(H,15,16). The lowest BCUT2D eigenvalue weighted by atomic mass is 10.1. The fourth-order valence-electron chi connectivity index (χ4n) is 1.57. The van der Waals surface area contributed by atoms with Crippen molar-refractivity contribution in [1.82, 2.24) is 4.72 Å². The Labute approximate surface area is 121 Å². The molecule has 0 heterocycles. The molecule has 0 atom stereocenters. The Kier molecular flexibility index (Phi) is 4.76. The Hall–Kier alpha value is -0.920. The second-order valence-electron chi connectivity index (χ2n) is 5.18. The van der Waals surface area contributed by atoms with E-state index < -0.39 is 21.5 Å². The zero-order valence-electron chi connectivity index (χ0n) is 10.9. The zero-order chi connectivity index (χ0) is 14.8.